The van der Waals surface area contributed by atoms with Gasteiger partial charge >= 0.3 is 0 Å². The maximum absolute atomic E-state index is 6.41. The fourth-order valence-corrected chi connectivity index (χ4v) is 6.23. The van der Waals surface area contributed by atoms with E-state index in [9.17, 15) is 0 Å². The average molecular weight is 460 g/mol. The van der Waals surface area contributed by atoms with Crippen molar-refractivity contribution in [1.29, 1.82) is 0 Å². The van der Waals surface area contributed by atoms with Crippen molar-refractivity contribution in [3.63, 3.8) is 0 Å². The molecule has 2 heteroatoms. The Hall–Kier alpha value is -3.39. The third-order valence-corrected chi connectivity index (χ3v) is 8.42. The van der Waals surface area contributed by atoms with Crippen LogP contribution in [0.3, 0.4) is 0 Å². The van der Waals surface area contributed by atoms with E-state index in [1.165, 1.54) is 53.5 Å². The predicted octanol–water partition coefficient (Wildman–Crippen LogP) is 9.40. The molecule has 0 atom stereocenters. The smallest absolute Gasteiger partial charge is 0.136 e. The molecule has 6 rings (SSSR count). The van der Waals surface area contributed by atoms with Crippen molar-refractivity contribution in [2.75, 3.05) is 0 Å². The molecule has 2 nitrogen and oxygen atoms in total. The van der Waals surface area contributed by atoms with Gasteiger partial charge in [-0.1, -0.05) is 57.0 Å². The molecule has 2 heterocycles. The van der Waals surface area contributed by atoms with Crippen molar-refractivity contribution in [3.8, 4) is 22.4 Å². The minimum absolute atomic E-state index is 0.168. The molecule has 0 bridgehead atoms. The van der Waals surface area contributed by atoms with Gasteiger partial charge in [-0.15, -0.1) is 0 Å². The topological polar surface area (TPSA) is 26.0 Å². The standard InChI is InChI=1S/C33H33NO/c1-21-8-7-9-22(2)32(21)24-13-15-28-27-14-12-23(18-30(27)35-31(28)19-24)29-20-26(16-17-34-29)33(3,4)25-10-5-6-11-25/h7-9,12-20,25H,5-6,10-11H2,1-4H3. The Bertz CT molecular complexity index is 1530. The lowest BCUT2D eigenvalue weighted by Crippen LogP contribution is -2.26. The van der Waals surface area contributed by atoms with Crippen LogP contribution in [0.1, 0.15) is 56.2 Å². The molecule has 2 aromatic heterocycles. The Morgan fingerprint density at radius 3 is 2.09 bits per heavy atom. The van der Waals surface area contributed by atoms with Crippen LogP contribution < -0.4 is 0 Å². The van der Waals surface area contributed by atoms with Crippen molar-refractivity contribution < 1.29 is 4.42 Å². The molecule has 1 aliphatic carbocycles. The van der Waals surface area contributed by atoms with Crippen LogP contribution in [0.4, 0.5) is 0 Å². The summed E-state index contributed by atoms with van der Waals surface area (Å²) in [5, 5.41) is 2.31. The summed E-state index contributed by atoms with van der Waals surface area (Å²) in [4.78, 5) is 4.74. The van der Waals surface area contributed by atoms with Gasteiger partial charge in [0.25, 0.3) is 0 Å². The van der Waals surface area contributed by atoms with Gasteiger partial charge in [0, 0.05) is 22.5 Å². The van der Waals surface area contributed by atoms with E-state index in [1.54, 1.807) is 0 Å². The van der Waals surface area contributed by atoms with Gasteiger partial charge in [0.05, 0.1) is 5.69 Å². The third-order valence-electron chi connectivity index (χ3n) is 8.42. The number of aromatic nitrogens is 1. The second-order valence-corrected chi connectivity index (χ2v) is 10.9. The van der Waals surface area contributed by atoms with E-state index < -0.39 is 0 Å². The first-order chi connectivity index (χ1) is 16.9. The van der Waals surface area contributed by atoms with E-state index in [2.05, 4.69) is 94.4 Å². The van der Waals surface area contributed by atoms with Crippen molar-refractivity contribution in [3.05, 3.63) is 89.6 Å². The molecular weight excluding hydrogens is 426 g/mol. The molecule has 5 aromatic rings. The number of rotatable bonds is 4. The summed E-state index contributed by atoms with van der Waals surface area (Å²) in [7, 11) is 0. The zero-order valence-corrected chi connectivity index (χ0v) is 21.2. The van der Waals surface area contributed by atoms with Crippen molar-refractivity contribution >= 4 is 21.9 Å². The van der Waals surface area contributed by atoms with E-state index in [0.717, 1.165) is 39.1 Å². The highest BCUT2D eigenvalue weighted by molar-refractivity contribution is 6.07. The van der Waals surface area contributed by atoms with Crippen molar-refractivity contribution in [2.24, 2.45) is 5.92 Å². The Morgan fingerprint density at radius 2 is 1.40 bits per heavy atom. The first-order valence-electron chi connectivity index (χ1n) is 12.9. The maximum atomic E-state index is 6.41. The molecule has 0 unspecified atom stereocenters. The average Bonchev–Trinajstić information content (AvgIpc) is 3.52. The highest BCUT2D eigenvalue weighted by Gasteiger charge is 2.33. The zero-order chi connectivity index (χ0) is 24.2. The van der Waals surface area contributed by atoms with E-state index in [1.807, 2.05) is 6.20 Å². The second kappa shape index (κ2) is 8.37. The predicted molar refractivity (Wildman–Crippen MR) is 147 cm³/mol. The Morgan fingerprint density at radius 1 is 0.771 bits per heavy atom. The monoisotopic (exact) mass is 459 g/mol. The van der Waals surface area contributed by atoms with Crippen molar-refractivity contribution in [2.45, 2.75) is 58.8 Å². The number of benzene rings is 3. The lowest BCUT2D eigenvalue weighted by molar-refractivity contribution is 0.325. The molecule has 0 amide bonds. The summed E-state index contributed by atoms with van der Waals surface area (Å²) in [6, 6.07) is 24.1. The van der Waals surface area contributed by atoms with Crippen LogP contribution in [0.2, 0.25) is 0 Å². The molecule has 0 spiro atoms. The van der Waals surface area contributed by atoms with E-state index >= 15 is 0 Å². The van der Waals surface area contributed by atoms with Crippen LogP contribution >= 0.6 is 0 Å². The summed E-state index contributed by atoms with van der Waals surface area (Å²) in [5.41, 5.74) is 10.6. The third kappa shape index (κ3) is 3.76. The largest absolute Gasteiger partial charge is 0.456 e. The van der Waals surface area contributed by atoms with Gasteiger partial charge in [-0.05, 0) is 102 Å². The number of hydrogen-bond donors (Lipinski definition) is 0. The SMILES string of the molecule is Cc1cccc(C)c1-c1ccc2c(c1)oc1cc(-c3cc(C(C)(C)C4CCCC4)ccn3)ccc12. The number of pyridine rings is 1. The molecule has 0 N–H and O–H groups in total. The van der Waals surface area contributed by atoms with E-state index in [-0.39, 0.29) is 5.41 Å². The molecular formula is C33H33NO. The minimum Gasteiger partial charge on any atom is -0.456 e. The zero-order valence-electron chi connectivity index (χ0n) is 21.2. The van der Waals surface area contributed by atoms with Crippen LogP contribution in [0.25, 0.3) is 44.3 Å². The van der Waals surface area contributed by atoms with Gasteiger partial charge in [0.2, 0.25) is 0 Å². The van der Waals surface area contributed by atoms with Crippen LogP contribution in [0.5, 0.6) is 0 Å². The Kier molecular flexibility index (Phi) is 5.29. The normalized spacial score (nSPS) is 14.9. The van der Waals surface area contributed by atoms with Gasteiger partial charge in [-0.2, -0.15) is 0 Å². The second-order valence-electron chi connectivity index (χ2n) is 10.9. The fraction of sp³-hybridized carbons (Fsp3) is 0.303. The summed E-state index contributed by atoms with van der Waals surface area (Å²) < 4.78 is 6.41. The molecule has 0 aliphatic heterocycles. The van der Waals surface area contributed by atoms with Crippen LogP contribution in [-0.2, 0) is 5.41 Å². The van der Waals surface area contributed by atoms with Gasteiger partial charge in [0.1, 0.15) is 11.2 Å². The number of nitrogens with zero attached hydrogens (tertiary/aromatic N) is 1. The molecule has 1 fully saturated rings. The van der Waals surface area contributed by atoms with Gasteiger partial charge in [0.15, 0.2) is 0 Å². The number of fused-ring (bicyclic) bond motifs is 3. The van der Waals surface area contributed by atoms with Crippen molar-refractivity contribution in [1.82, 2.24) is 4.98 Å². The number of furan rings is 1. The maximum Gasteiger partial charge on any atom is 0.136 e. The number of aryl methyl sites for hydroxylation is 2. The Balaban J connectivity index is 1.40. The fourth-order valence-electron chi connectivity index (χ4n) is 6.23. The summed E-state index contributed by atoms with van der Waals surface area (Å²) in [5.74, 6) is 0.752. The van der Waals surface area contributed by atoms with E-state index in [0.29, 0.717) is 0 Å². The molecule has 1 saturated carbocycles. The first kappa shape index (κ1) is 22.1. The molecule has 0 radical (unpaired) electrons. The molecule has 3 aromatic carbocycles. The molecule has 0 saturated heterocycles. The van der Waals surface area contributed by atoms with E-state index in [4.69, 9.17) is 9.40 Å². The quantitative estimate of drug-likeness (QED) is 0.267. The van der Waals surface area contributed by atoms with Crippen LogP contribution in [-0.4, -0.2) is 4.98 Å². The van der Waals surface area contributed by atoms with Gasteiger partial charge in [-0.3, -0.25) is 4.98 Å². The van der Waals surface area contributed by atoms with Crippen LogP contribution in [0.15, 0.2) is 77.3 Å². The highest BCUT2D eigenvalue weighted by Crippen LogP contribution is 2.42. The molecule has 176 valence electrons. The van der Waals surface area contributed by atoms with Crippen LogP contribution in [0, 0.1) is 19.8 Å². The highest BCUT2D eigenvalue weighted by atomic mass is 16.3. The summed E-state index contributed by atoms with van der Waals surface area (Å²) in [6.45, 7) is 9.15. The first-order valence-corrected chi connectivity index (χ1v) is 12.9. The minimum atomic E-state index is 0.168. The summed E-state index contributed by atoms with van der Waals surface area (Å²) >= 11 is 0. The van der Waals surface area contributed by atoms with Gasteiger partial charge < -0.3 is 4.42 Å². The number of hydrogen-bond acceptors (Lipinski definition) is 2. The summed E-state index contributed by atoms with van der Waals surface area (Å²) in [6.07, 6.45) is 7.36. The lowest BCUT2D eigenvalue weighted by atomic mass is 9.72. The Labute approximate surface area is 208 Å². The lowest BCUT2D eigenvalue weighted by Gasteiger charge is -2.32. The van der Waals surface area contributed by atoms with Gasteiger partial charge in [-0.25, -0.2) is 0 Å². The molecule has 35 heavy (non-hydrogen) atoms. The molecule has 1 aliphatic rings.